The summed E-state index contributed by atoms with van der Waals surface area (Å²) in [6, 6.07) is 1.79. The molecule has 4 nitrogen and oxygen atoms in total. The van der Waals surface area contributed by atoms with E-state index in [9.17, 15) is 0 Å². The molecular weight excluding hydrogens is 238 g/mol. The summed E-state index contributed by atoms with van der Waals surface area (Å²) in [7, 11) is 0. The highest BCUT2D eigenvalue weighted by molar-refractivity contribution is 5.27. The van der Waals surface area contributed by atoms with Gasteiger partial charge in [-0.1, -0.05) is 34.6 Å². The number of hydrogen-bond acceptors (Lipinski definition) is 4. The lowest BCUT2D eigenvalue weighted by molar-refractivity contribution is 0.300. The third kappa shape index (κ3) is 5.45. The van der Waals surface area contributed by atoms with Crippen molar-refractivity contribution in [3.8, 4) is 5.88 Å². The van der Waals surface area contributed by atoms with Gasteiger partial charge in [-0.15, -0.1) is 0 Å². The van der Waals surface area contributed by atoms with E-state index in [1.165, 1.54) is 0 Å². The number of nitrogens with zero attached hydrogens (tertiary/aromatic N) is 2. The van der Waals surface area contributed by atoms with Gasteiger partial charge in [-0.2, -0.15) is 4.98 Å². The Bertz CT molecular complexity index is 358. The van der Waals surface area contributed by atoms with Crippen molar-refractivity contribution < 1.29 is 4.74 Å². The molecule has 0 aliphatic heterocycles. The highest BCUT2D eigenvalue weighted by atomic mass is 16.5. The van der Waals surface area contributed by atoms with Crippen LogP contribution in [0.4, 0.5) is 5.95 Å². The van der Waals surface area contributed by atoms with E-state index < -0.39 is 0 Å². The number of anilines is 1. The number of ether oxygens (including phenoxy) is 1. The van der Waals surface area contributed by atoms with Gasteiger partial charge in [0.2, 0.25) is 11.8 Å². The SMILES string of the molecule is CCCOc1ccnc(NCC(C(C)C)C(C)C)n1. The minimum absolute atomic E-state index is 0.615. The van der Waals surface area contributed by atoms with E-state index >= 15 is 0 Å². The Labute approximate surface area is 117 Å². The summed E-state index contributed by atoms with van der Waals surface area (Å²) in [6.45, 7) is 12.7. The van der Waals surface area contributed by atoms with Crippen molar-refractivity contribution in [1.29, 1.82) is 0 Å². The molecule has 0 saturated carbocycles. The molecule has 4 heteroatoms. The van der Waals surface area contributed by atoms with Crippen LogP contribution >= 0.6 is 0 Å². The molecule has 19 heavy (non-hydrogen) atoms. The summed E-state index contributed by atoms with van der Waals surface area (Å²) < 4.78 is 5.51. The fourth-order valence-electron chi connectivity index (χ4n) is 2.16. The van der Waals surface area contributed by atoms with Crippen LogP contribution in [0, 0.1) is 17.8 Å². The first-order chi connectivity index (χ1) is 9.04. The van der Waals surface area contributed by atoms with E-state index in [1.54, 1.807) is 12.3 Å². The first-order valence-electron chi connectivity index (χ1n) is 7.24. The summed E-state index contributed by atoms with van der Waals surface area (Å²) >= 11 is 0. The largest absolute Gasteiger partial charge is 0.478 e. The van der Waals surface area contributed by atoms with Crippen molar-refractivity contribution in [1.82, 2.24) is 9.97 Å². The maximum Gasteiger partial charge on any atom is 0.225 e. The minimum Gasteiger partial charge on any atom is -0.478 e. The van der Waals surface area contributed by atoms with E-state index in [4.69, 9.17) is 4.74 Å². The zero-order valence-corrected chi connectivity index (χ0v) is 12.8. The molecule has 108 valence electrons. The molecule has 0 aromatic carbocycles. The second-order valence-electron chi connectivity index (χ2n) is 5.60. The third-order valence-electron chi connectivity index (χ3n) is 3.29. The van der Waals surface area contributed by atoms with Gasteiger partial charge in [0.25, 0.3) is 0 Å². The van der Waals surface area contributed by atoms with E-state index in [-0.39, 0.29) is 0 Å². The molecule has 0 unspecified atom stereocenters. The lowest BCUT2D eigenvalue weighted by Gasteiger charge is -2.25. The molecule has 1 rings (SSSR count). The monoisotopic (exact) mass is 265 g/mol. The first-order valence-corrected chi connectivity index (χ1v) is 7.24. The Balaban J connectivity index is 2.56. The molecule has 0 amide bonds. The molecule has 0 radical (unpaired) electrons. The van der Waals surface area contributed by atoms with E-state index in [1.807, 2.05) is 0 Å². The van der Waals surface area contributed by atoms with Gasteiger partial charge in [-0.3, -0.25) is 0 Å². The van der Waals surface area contributed by atoms with Gasteiger partial charge < -0.3 is 10.1 Å². The van der Waals surface area contributed by atoms with Crippen LogP contribution < -0.4 is 10.1 Å². The number of nitrogens with one attached hydrogen (secondary N) is 1. The number of rotatable bonds is 8. The molecule has 1 aromatic heterocycles. The standard InChI is InChI=1S/C15H27N3O/c1-6-9-19-14-7-8-16-15(18-14)17-10-13(11(2)3)12(4)5/h7-8,11-13H,6,9-10H2,1-5H3,(H,16,17,18). The molecule has 0 saturated heterocycles. The summed E-state index contributed by atoms with van der Waals surface area (Å²) in [5.41, 5.74) is 0. The van der Waals surface area contributed by atoms with Crippen LogP contribution in [0.3, 0.4) is 0 Å². The molecule has 1 N–H and O–H groups in total. The molecular formula is C15H27N3O. The van der Waals surface area contributed by atoms with Gasteiger partial charge in [0.05, 0.1) is 6.61 Å². The molecule has 0 aliphatic rings. The van der Waals surface area contributed by atoms with Gasteiger partial charge in [0.15, 0.2) is 0 Å². The lowest BCUT2D eigenvalue weighted by Crippen LogP contribution is -2.25. The van der Waals surface area contributed by atoms with Crippen LogP contribution in [-0.4, -0.2) is 23.1 Å². The maximum atomic E-state index is 5.51. The van der Waals surface area contributed by atoms with Crippen LogP contribution in [0.1, 0.15) is 41.0 Å². The van der Waals surface area contributed by atoms with E-state index in [2.05, 4.69) is 49.9 Å². The lowest BCUT2D eigenvalue weighted by atomic mass is 9.85. The third-order valence-corrected chi connectivity index (χ3v) is 3.29. The van der Waals surface area contributed by atoms with Crippen molar-refractivity contribution in [3.05, 3.63) is 12.3 Å². The van der Waals surface area contributed by atoms with Gasteiger partial charge in [-0.05, 0) is 24.2 Å². The highest BCUT2D eigenvalue weighted by Gasteiger charge is 2.17. The Morgan fingerprint density at radius 3 is 2.47 bits per heavy atom. The second-order valence-corrected chi connectivity index (χ2v) is 5.60. The Hall–Kier alpha value is -1.32. The molecule has 0 aliphatic carbocycles. The average Bonchev–Trinajstić information content (AvgIpc) is 2.36. The zero-order valence-electron chi connectivity index (χ0n) is 12.8. The van der Waals surface area contributed by atoms with E-state index in [0.29, 0.717) is 36.2 Å². The minimum atomic E-state index is 0.615. The Kier molecular flexibility index (Phi) is 6.60. The highest BCUT2D eigenvalue weighted by Crippen LogP contribution is 2.20. The summed E-state index contributed by atoms with van der Waals surface area (Å²) in [5, 5.41) is 3.32. The van der Waals surface area contributed by atoms with Crippen LogP contribution in [0.15, 0.2) is 12.3 Å². The van der Waals surface area contributed by atoms with Gasteiger partial charge in [0, 0.05) is 18.8 Å². The van der Waals surface area contributed by atoms with Crippen molar-refractivity contribution in [2.24, 2.45) is 17.8 Å². The number of aromatic nitrogens is 2. The molecule has 1 heterocycles. The summed E-state index contributed by atoms with van der Waals surface area (Å²) in [4.78, 5) is 8.59. The van der Waals surface area contributed by atoms with Crippen LogP contribution in [0.25, 0.3) is 0 Å². The second kappa shape index (κ2) is 7.97. The molecule has 0 atom stereocenters. The topological polar surface area (TPSA) is 47.0 Å². The van der Waals surface area contributed by atoms with Crippen molar-refractivity contribution in [2.45, 2.75) is 41.0 Å². The van der Waals surface area contributed by atoms with Gasteiger partial charge >= 0.3 is 0 Å². The molecule has 0 bridgehead atoms. The molecule has 1 aromatic rings. The van der Waals surface area contributed by atoms with Crippen molar-refractivity contribution in [3.63, 3.8) is 0 Å². The fraction of sp³-hybridized carbons (Fsp3) is 0.733. The summed E-state index contributed by atoms with van der Waals surface area (Å²) in [6.07, 6.45) is 2.72. The fourth-order valence-corrected chi connectivity index (χ4v) is 2.16. The van der Waals surface area contributed by atoms with Gasteiger partial charge in [-0.25, -0.2) is 4.98 Å². The average molecular weight is 265 g/mol. The van der Waals surface area contributed by atoms with Crippen molar-refractivity contribution >= 4 is 5.95 Å². The smallest absolute Gasteiger partial charge is 0.225 e. The van der Waals surface area contributed by atoms with Crippen LogP contribution in [0.5, 0.6) is 5.88 Å². The Morgan fingerprint density at radius 2 is 1.89 bits per heavy atom. The Morgan fingerprint density at radius 1 is 1.21 bits per heavy atom. The molecule has 0 spiro atoms. The first kappa shape index (κ1) is 15.7. The van der Waals surface area contributed by atoms with Crippen LogP contribution in [-0.2, 0) is 0 Å². The molecule has 0 fully saturated rings. The van der Waals surface area contributed by atoms with E-state index in [0.717, 1.165) is 13.0 Å². The zero-order chi connectivity index (χ0) is 14.3. The predicted molar refractivity (Wildman–Crippen MR) is 79.5 cm³/mol. The van der Waals surface area contributed by atoms with Gasteiger partial charge in [0.1, 0.15) is 0 Å². The van der Waals surface area contributed by atoms with Crippen LogP contribution in [0.2, 0.25) is 0 Å². The number of hydrogen-bond donors (Lipinski definition) is 1. The normalized spacial score (nSPS) is 11.4. The summed E-state index contributed by atoms with van der Waals surface area (Å²) in [5.74, 6) is 3.20. The predicted octanol–water partition coefficient (Wildman–Crippen LogP) is 3.61. The quantitative estimate of drug-likeness (QED) is 0.780. The maximum absolute atomic E-state index is 5.51. The van der Waals surface area contributed by atoms with Crippen molar-refractivity contribution in [2.75, 3.05) is 18.5 Å².